The van der Waals surface area contributed by atoms with Crippen molar-refractivity contribution in [2.75, 3.05) is 27.4 Å². The van der Waals surface area contributed by atoms with Crippen molar-refractivity contribution in [3.63, 3.8) is 0 Å². The number of hydrogen-bond acceptors (Lipinski definition) is 4. The molecule has 0 saturated heterocycles. The van der Waals surface area contributed by atoms with E-state index >= 15 is 0 Å². The molecule has 1 aromatic carbocycles. The summed E-state index contributed by atoms with van der Waals surface area (Å²) in [5.41, 5.74) is 0. The van der Waals surface area contributed by atoms with E-state index in [0.717, 1.165) is 24.5 Å². The third-order valence-electron chi connectivity index (χ3n) is 3.65. The fraction of sp³-hybridized carbons (Fsp3) is 0.600. The van der Waals surface area contributed by atoms with Crippen LogP contribution in [0.25, 0.3) is 0 Å². The molecule has 19 heavy (non-hydrogen) atoms. The highest BCUT2D eigenvalue weighted by Crippen LogP contribution is 2.32. The molecular weight excluding hydrogens is 242 g/mol. The lowest BCUT2D eigenvalue weighted by Crippen LogP contribution is -2.50. The smallest absolute Gasteiger partial charge is 0.161 e. The first-order valence-corrected chi connectivity index (χ1v) is 6.81. The first-order chi connectivity index (χ1) is 9.26. The second-order valence-electron chi connectivity index (χ2n) is 4.99. The van der Waals surface area contributed by atoms with Crippen LogP contribution in [-0.4, -0.2) is 39.5 Å². The van der Waals surface area contributed by atoms with Crippen molar-refractivity contribution >= 4 is 0 Å². The molecule has 2 rings (SSSR count). The Balaban J connectivity index is 2.01. The fourth-order valence-corrected chi connectivity index (χ4v) is 2.53. The SMILES string of the molecule is CNC(C(C)CCOC)C1COc2ccccc2O1. The van der Waals surface area contributed by atoms with Gasteiger partial charge in [0.05, 0.1) is 0 Å². The Kier molecular flexibility index (Phi) is 5.05. The first-order valence-electron chi connectivity index (χ1n) is 6.81. The molecule has 1 heterocycles. The van der Waals surface area contributed by atoms with Crippen LogP contribution >= 0.6 is 0 Å². The average Bonchev–Trinajstić information content (AvgIpc) is 2.45. The number of rotatable bonds is 6. The molecule has 0 saturated carbocycles. The van der Waals surface area contributed by atoms with Crippen LogP contribution in [0, 0.1) is 5.92 Å². The minimum Gasteiger partial charge on any atom is -0.486 e. The quantitative estimate of drug-likeness (QED) is 0.855. The molecule has 0 fully saturated rings. The van der Waals surface area contributed by atoms with Crippen LogP contribution in [-0.2, 0) is 4.74 Å². The molecule has 0 spiro atoms. The summed E-state index contributed by atoms with van der Waals surface area (Å²) in [5.74, 6) is 2.12. The van der Waals surface area contributed by atoms with Gasteiger partial charge in [0, 0.05) is 19.8 Å². The maximum absolute atomic E-state index is 6.06. The minimum atomic E-state index is 0.0340. The molecule has 0 amide bonds. The van der Waals surface area contributed by atoms with Crippen LogP contribution < -0.4 is 14.8 Å². The second kappa shape index (κ2) is 6.78. The van der Waals surface area contributed by atoms with Gasteiger partial charge in [-0.2, -0.15) is 0 Å². The summed E-state index contributed by atoms with van der Waals surface area (Å²) in [6.07, 6.45) is 1.04. The van der Waals surface area contributed by atoms with Crippen molar-refractivity contribution in [3.8, 4) is 11.5 Å². The maximum atomic E-state index is 6.06. The van der Waals surface area contributed by atoms with Gasteiger partial charge in [-0.3, -0.25) is 0 Å². The summed E-state index contributed by atoms with van der Waals surface area (Å²) in [5, 5.41) is 3.35. The summed E-state index contributed by atoms with van der Waals surface area (Å²) >= 11 is 0. The van der Waals surface area contributed by atoms with Gasteiger partial charge in [-0.05, 0) is 31.5 Å². The average molecular weight is 265 g/mol. The zero-order valence-corrected chi connectivity index (χ0v) is 11.9. The lowest BCUT2D eigenvalue weighted by Gasteiger charge is -2.35. The Morgan fingerprint density at radius 3 is 2.79 bits per heavy atom. The highest BCUT2D eigenvalue weighted by atomic mass is 16.6. The number of hydrogen-bond donors (Lipinski definition) is 1. The molecule has 3 unspecified atom stereocenters. The molecule has 0 aromatic heterocycles. The van der Waals surface area contributed by atoms with Crippen molar-refractivity contribution in [1.29, 1.82) is 0 Å². The normalized spacial score (nSPS) is 20.9. The molecule has 1 aliphatic rings. The predicted octanol–water partition coefficient (Wildman–Crippen LogP) is 2.09. The molecule has 4 heteroatoms. The van der Waals surface area contributed by atoms with Crippen molar-refractivity contribution < 1.29 is 14.2 Å². The molecule has 4 nitrogen and oxygen atoms in total. The van der Waals surface area contributed by atoms with Gasteiger partial charge in [0.1, 0.15) is 12.7 Å². The number of para-hydroxylation sites is 2. The summed E-state index contributed by atoms with van der Waals surface area (Å²) in [7, 11) is 3.70. The van der Waals surface area contributed by atoms with Crippen LogP contribution in [0.15, 0.2) is 24.3 Å². The van der Waals surface area contributed by atoms with Crippen molar-refractivity contribution in [1.82, 2.24) is 5.32 Å². The molecule has 0 radical (unpaired) electrons. The Bertz CT molecular complexity index is 397. The molecule has 106 valence electrons. The van der Waals surface area contributed by atoms with Gasteiger partial charge in [-0.1, -0.05) is 19.1 Å². The molecule has 1 N–H and O–H groups in total. The molecule has 1 aliphatic heterocycles. The molecule has 3 atom stereocenters. The van der Waals surface area contributed by atoms with Gasteiger partial charge in [0.15, 0.2) is 11.5 Å². The first kappa shape index (κ1) is 14.2. The Morgan fingerprint density at radius 2 is 2.11 bits per heavy atom. The van der Waals surface area contributed by atoms with E-state index in [9.17, 15) is 0 Å². The molecular formula is C15H23NO3. The monoisotopic (exact) mass is 265 g/mol. The van der Waals surface area contributed by atoms with E-state index in [0.29, 0.717) is 12.5 Å². The molecule has 0 bridgehead atoms. The van der Waals surface area contributed by atoms with Gasteiger partial charge >= 0.3 is 0 Å². The van der Waals surface area contributed by atoms with E-state index in [1.54, 1.807) is 7.11 Å². The lowest BCUT2D eigenvalue weighted by molar-refractivity contribution is 0.0426. The number of ether oxygens (including phenoxy) is 3. The highest BCUT2D eigenvalue weighted by molar-refractivity contribution is 5.40. The summed E-state index contributed by atoms with van der Waals surface area (Å²) < 4.78 is 17.0. The van der Waals surface area contributed by atoms with Gasteiger partial charge in [-0.15, -0.1) is 0 Å². The van der Waals surface area contributed by atoms with Crippen LogP contribution in [0.2, 0.25) is 0 Å². The fourth-order valence-electron chi connectivity index (χ4n) is 2.53. The predicted molar refractivity (Wildman–Crippen MR) is 74.9 cm³/mol. The Morgan fingerprint density at radius 1 is 1.37 bits per heavy atom. The largest absolute Gasteiger partial charge is 0.486 e. The molecule has 0 aliphatic carbocycles. The Labute approximate surface area is 115 Å². The van der Waals surface area contributed by atoms with Crippen LogP contribution in [0.3, 0.4) is 0 Å². The van der Waals surface area contributed by atoms with Crippen molar-refractivity contribution in [3.05, 3.63) is 24.3 Å². The van der Waals surface area contributed by atoms with E-state index in [1.165, 1.54) is 0 Å². The number of likely N-dealkylation sites (N-methyl/N-ethyl adjacent to an activating group) is 1. The number of fused-ring (bicyclic) bond motifs is 1. The van der Waals surface area contributed by atoms with E-state index in [2.05, 4.69) is 12.2 Å². The lowest BCUT2D eigenvalue weighted by atomic mass is 9.94. The standard InChI is InChI=1S/C15H23NO3/c1-11(8-9-17-3)15(16-2)14-10-18-12-6-4-5-7-13(12)19-14/h4-7,11,14-16H,8-10H2,1-3H3. The highest BCUT2D eigenvalue weighted by Gasteiger charge is 2.31. The van der Waals surface area contributed by atoms with E-state index in [-0.39, 0.29) is 12.1 Å². The van der Waals surface area contributed by atoms with E-state index < -0.39 is 0 Å². The number of benzene rings is 1. The van der Waals surface area contributed by atoms with E-state index in [1.807, 2.05) is 31.3 Å². The molecule has 1 aromatic rings. The van der Waals surface area contributed by atoms with Crippen molar-refractivity contribution in [2.45, 2.75) is 25.5 Å². The van der Waals surface area contributed by atoms with E-state index in [4.69, 9.17) is 14.2 Å². The zero-order valence-electron chi connectivity index (χ0n) is 11.9. The van der Waals surface area contributed by atoms with Crippen LogP contribution in [0.4, 0.5) is 0 Å². The summed E-state index contributed by atoms with van der Waals surface area (Å²) in [6, 6.07) is 8.07. The third kappa shape index (κ3) is 3.39. The van der Waals surface area contributed by atoms with Gasteiger partial charge in [0.25, 0.3) is 0 Å². The minimum absolute atomic E-state index is 0.0340. The number of nitrogens with one attached hydrogen (secondary N) is 1. The van der Waals surface area contributed by atoms with Crippen LogP contribution in [0.5, 0.6) is 11.5 Å². The topological polar surface area (TPSA) is 39.7 Å². The third-order valence-corrected chi connectivity index (χ3v) is 3.65. The van der Waals surface area contributed by atoms with Crippen molar-refractivity contribution in [2.24, 2.45) is 5.92 Å². The maximum Gasteiger partial charge on any atom is 0.161 e. The van der Waals surface area contributed by atoms with Gasteiger partial charge in [-0.25, -0.2) is 0 Å². The zero-order chi connectivity index (χ0) is 13.7. The van der Waals surface area contributed by atoms with Gasteiger partial charge < -0.3 is 19.5 Å². The summed E-state index contributed by atoms with van der Waals surface area (Å²) in [4.78, 5) is 0. The van der Waals surface area contributed by atoms with Crippen LogP contribution in [0.1, 0.15) is 13.3 Å². The number of methoxy groups -OCH3 is 1. The Hall–Kier alpha value is -1.26. The van der Waals surface area contributed by atoms with Gasteiger partial charge in [0.2, 0.25) is 0 Å². The summed E-state index contributed by atoms with van der Waals surface area (Å²) in [6.45, 7) is 3.56. The second-order valence-corrected chi connectivity index (χ2v) is 4.99.